The molecule has 0 fully saturated rings. The van der Waals surface area contributed by atoms with Gasteiger partial charge in [-0.2, -0.15) is 0 Å². The zero-order chi connectivity index (χ0) is 21.8. The number of nitrogens with one attached hydrogen (secondary N) is 1. The Morgan fingerprint density at radius 2 is 1.58 bits per heavy atom. The van der Waals surface area contributed by atoms with Crippen molar-refractivity contribution in [3.05, 3.63) is 110 Å². The third-order valence-corrected chi connectivity index (χ3v) is 5.13. The molecule has 0 bridgehead atoms. The zero-order valence-electron chi connectivity index (χ0n) is 16.5. The van der Waals surface area contributed by atoms with Gasteiger partial charge in [0, 0.05) is 17.8 Å². The summed E-state index contributed by atoms with van der Waals surface area (Å²) in [6.45, 7) is 0.216. The van der Waals surface area contributed by atoms with Crippen LogP contribution in [-0.4, -0.2) is 20.0 Å². The van der Waals surface area contributed by atoms with Crippen molar-refractivity contribution in [1.29, 1.82) is 0 Å². The molecule has 0 radical (unpaired) electrons. The Morgan fingerprint density at radius 1 is 0.871 bits per heavy atom. The van der Waals surface area contributed by atoms with Crippen LogP contribution in [0.1, 0.15) is 11.1 Å². The number of carbonyl (C=O) groups is 1. The van der Waals surface area contributed by atoms with Crippen molar-refractivity contribution in [3.63, 3.8) is 0 Å². The molecular weight excluding hydrogens is 416 g/mol. The van der Waals surface area contributed by atoms with Gasteiger partial charge in [-0.3, -0.25) is 23.5 Å². The molecular formula is C23H19ClN4O3. The molecule has 2 aromatic heterocycles. The summed E-state index contributed by atoms with van der Waals surface area (Å²) in [5.74, 6) is -0.387. The molecule has 0 atom stereocenters. The van der Waals surface area contributed by atoms with Crippen LogP contribution in [0.15, 0.2) is 82.5 Å². The van der Waals surface area contributed by atoms with E-state index in [0.29, 0.717) is 16.2 Å². The molecule has 4 aromatic rings. The first-order chi connectivity index (χ1) is 15.0. The zero-order valence-corrected chi connectivity index (χ0v) is 17.2. The van der Waals surface area contributed by atoms with Crippen LogP contribution in [0.4, 0.5) is 0 Å². The highest BCUT2D eigenvalue weighted by Gasteiger charge is 2.16. The smallest absolute Gasteiger partial charge is 0.318 e. The minimum atomic E-state index is -0.766. The Bertz CT molecular complexity index is 1350. The van der Waals surface area contributed by atoms with Crippen molar-refractivity contribution in [2.45, 2.75) is 19.6 Å². The third-order valence-electron chi connectivity index (χ3n) is 4.87. The predicted molar refractivity (Wildman–Crippen MR) is 119 cm³/mol. The van der Waals surface area contributed by atoms with E-state index in [9.17, 15) is 14.4 Å². The lowest BCUT2D eigenvalue weighted by Crippen LogP contribution is -2.44. The van der Waals surface area contributed by atoms with Crippen molar-refractivity contribution < 1.29 is 4.79 Å². The van der Waals surface area contributed by atoms with Gasteiger partial charge < -0.3 is 5.32 Å². The maximum absolute atomic E-state index is 12.8. The minimum absolute atomic E-state index is 0.214. The summed E-state index contributed by atoms with van der Waals surface area (Å²) < 4.78 is 2.51. The van der Waals surface area contributed by atoms with Gasteiger partial charge in [-0.15, -0.1) is 0 Å². The summed E-state index contributed by atoms with van der Waals surface area (Å²) in [4.78, 5) is 42.5. The largest absolute Gasteiger partial charge is 0.350 e. The highest BCUT2D eigenvalue weighted by atomic mass is 35.5. The molecule has 0 saturated carbocycles. The highest BCUT2D eigenvalue weighted by Crippen LogP contribution is 2.11. The lowest BCUT2D eigenvalue weighted by molar-refractivity contribution is -0.121. The molecule has 0 aliphatic heterocycles. The van der Waals surface area contributed by atoms with Gasteiger partial charge in [0.1, 0.15) is 6.54 Å². The van der Waals surface area contributed by atoms with E-state index >= 15 is 0 Å². The molecule has 0 aliphatic carbocycles. The SMILES string of the molecule is O=C(Cn1c(=O)c(=O)n(Cc2ccccc2)c2ncccc21)NCc1ccc(Cl)cc1. The molecule has 2 heterocycles. The topological polar surface area (TPSA) is 86.0 Å². The molecule has 4 rings (SSSR count). The third kappa shape index (κ3) is 4.57. The molecule has 0 saturated heterocycles. The summed E-state index contributed by atoms with van der Waals surface area (Å²) in [6, 6.07) is 19.8. The number of rotatable bonds is 6. The molecule has 0 aliphatic rings. The number of carbonyl (C=O) groups excluding carboxylic acids is 1. The summed E-state index contributed by atoms with van der Waals surface area (Å²) in [7, 11) is 0. The number of benzene rings is 2. The van der Waals surface area contributed by atoms with E-state index in [0.717, 1.165) is 11.1 Å². The second-order valence-electron chi connectivity index (χ2n) is 7.02. The van der Waals surface area contributed by atoms with Gasteiger partial charge in [0.05, 0.1) is 12.1 Å². The number of amides is 1. The molecule has 8 heteroatoms. The van der Waals surface area contributed by atoms with Crippen molar-refractivity contribution >= 4 is 28.7 Å². The van der Waals surface area contributed by atoms with E-state index in [2.05, 4.69) is 10.3 Å². The van der Waals surface area contributed by atoms with Crippen LogP contribution in [0.2, 0.25) is 5.02 Å². The molecule has 7 nitrogen and oxygen atoms in total. The Kier molecular flexibility index (Phi) is 5.95. The second kappa shape index (κ2) is 8.97. The molecule has 156 valence electrons. The van der Waals surface area contributed by atoms with E-state index in [1.165, 1.54) is 9.13 Å². The minimum Gasteiger partial charge on any atom is -0.350 e. The van der Waals surface area contributed by atoms with Gasteiger partial charge in [-0.25, -0.2) is 4.98 Å². The van der Waals surface area contributed by atoms with E-state index in [4.69, 9.17) is 11.6 Å². The number of hydrogen-bond donors (Lipinski definition) is 1. The molecule has 0 spiro atoms. The molecule has 2 aromatic carbocycles. The van der Waals surface area contributed by atoms with Crippen molar-refractivity contribution in [2.24, 2.45) is 0 Å². The normalized spacial score (nSPS) is 10.9. The monoisotopic (exact) mass is 434 g/mol. The Labute approximate surface area is 182 Å². The van der Waals surface area contributed by atoms with Crippen LogP contribution >= 0.6 is 11.6 Å². The average molecular weight is 435 g/mol. The first-order valence-electron chi connectivity index (χ1n) is 9.66. The molecule has 31 heavy (non-hydrogen) atoms. The Hall–Kier alpha value is -3.71. The van der Waals surface area contributed by atoms with Crippen LogP contribution in [0.3, 0.4) is 0 Å². The maximum atomic E-state index is 12.8. The fourth-order valence-corrected chi connectivity index (χ4v) is 3.44. The number of nitrogens with zero attached hydrogens (tertiary/aromatic N) is 3. The summed E-state index contributed by atoms with van der Waals surface area (Å²) in [5, 5.41) is 3.37. The van der Waals surface area contributed by atoms with Crippen LogP contribution in [0.5, 0.6) is 0 Å². The van der Waals surface area contributed by atoms with E-state index in [-0.39, 0.29) is 25.5 Å². The highest BCUT2D eigenvalue weighted by molar-refractivity contribution is 6.30. The predicted octanol–water partition coefficient (Wildman–Crippen LogP) is 2.58. The van der Waals surface area contributed by atoms with Gasteiger partial charge in [-0.05, 0) is 35.4 Å². The molecule has 1 amide bonds. The summed E-state index contributed by atoms with van der Waals surface area (Å²) in [6.07, 6.45) is 1.55. The van der Waals surface area contributed by atoms with Crippen LogP contribution in [0, 0.1) is 0 Å². The number of fused-ring (bicyclic) bond motifs is 1. The lowest BCUT2D eigenvalue weighted by atomic mass is 10.2. The van der Waals surface area contributed by atoms with Crippen molar-refractivity contribution in [3.8, 4) is 0 Å². The number of pyridine rings is 1. The lowest BCUT2D eigenvalue weighted by Gasteiger charge is -2.14. The van der Waals surface area contributed by atoms with Crippen LogP contribution in [-0.2, 0) is 24.4 Å². The van der Waals surface area contributed by atoms with E-state index in [1.807, 2.05) is 30.3 Å². The van der Waals surface area contributed by atoms with Crippen LogP contribution < -0.4 is 16.4 Å². The van der Waals surface area contributed by atoms with E-state index in [1.54, 1.807) is 42.6 Å². The quantitative estimate of drug-likeness (QED) is 0.472. The number of halogens is 1. The Balaban J connectivity index is 1.64. The van der Waals surface area contributed by atoms with Gasteiger partial charge in [0.2, 0.25) is 5.91 Å². The molecule has 0 unspecified atom stereocenters. The molecule has 1 N–H and O–H groups in total. The number of aromatic nitrogens is 3. The standard InChI is InChI=1S/C23H19ClN4O3/c24-18-10-8-16(9-11-18)13-26-20(29)15-27-19-7-4-12-25-21(19)28(23(31)22(27)30)14-17-5-2-1-3-6-17/h1-12H,13-15H2,(H,26,29). The average Bonchev–Trinajstić information content (AvgIpc) is 2.80. The van der Waals surface area contributed by atoms with Crippen LogP contribution in [0.25, 0.3) is 11.2 Å². The van der Waals surface area contributed by atoms with Gasteiger partial charge >= 0.3 is 11.1 Å². The fraction of sp³-hybridized carbons (Fsp3) is 0.130. The van der Waals surface area contributed by atoms with Crippen molar-refractivity contribution in [2.75, 3.05) is 0 Å². The summed E-state index contributed by atoms with van der Waals surface area (Å²) in [5.41, 5.74) is 1.02. The number of hydrogen-bond acceptors (Lipinski definition) is 4. The maximum Gasteiger partial charge on any atom is 0.318 e. The fourth-order valence-electron chi connectivity index (χ4n) is 3.32. The second-order valence-corrected chi connectivity index (χ2v) is 7.45. The Morgan fingerprint density at radius 3 is 2.32 bits per heavy atom. The van der Waals surface area contributed by atoms with Gasteiger partial charge in [0.15, 0.2) is 5.65 Å². The van der Waals surface area contributed by atoms with Gasteiger partial charge in [0.25, 0.3) is 0 Å². The first-order valence-corrected chi connectivity index (χ1v) is 10.0. The first kappa shape index (κ1) is 20.6. The van der Waals surface area contributed by atoms with E-state index < -0.39 is 11.1 Å². The van der Waals surface area contributed by atoms with Gasteiger partial charge in [-0.1, -0.05) is 54.1 Å². The summed E-state index contributed by atoms with van der Waals surface area (Å²) >= 11 is 5.87. The van der Waals surface area contributed by atoms with Crippen molar-refractivity contribution in [1.82, 2.24) is 19.4 Å².